The second-order valence-electron chi connectivity index (χ2n) is 9.61. The predicted octanol–water partition coefficient (Wildman–Crippen LogP) is 4.95. The number of nitro groups is 1. The lowest BCUT2D eigenvalue weighted by Crippen LogP contribution is -2.44. The van der Waals surface area contributed by atoms with E-state index in [1.54, 1.807) is 4.90 Å². The van der Waals surface area contributed by atoms with Gasteiger partial charge in [0.2, 0.25) is 15.9 Å². The van der Waals surface area contributed by atoms with Crippen LogP contribution in [0.4, 0.5) is 5.69 Å². The molecule has 41 heavy (non-hydrogen) atoms. The first kappa shape index (κ1) is 30.2. The summed E-state index contributed by atoms with van der Waals surface area (Å²) in [5.41, 5.74) is 3.49. The lowest BCUT2D eigenvalue weighted by molar-refractivity contribution is -0.384. The smallest absolute Gasteiger partial charge is 0.289 e. The Hall–Kier alpha value is -3.77. The first-order chi connectivity index (χ1) is 19.6. The number of methoxy groups -OCH3 is 1. The van der Waals surface area contributed by atoms with Crippen molar-refractivity contribution in [3.63, 3.8) is 0 Å². The highest BCUT2D eigenvalue weighted by Gasteiger charge is 2.30. The van der Waals surface area contributed by atoms with Gasteiger partial charge >= 0.3 is 0 Å². The average molecular weight is 599 g/mol. The van der Waals surface area contributed by atoms with E-state index < -0.39 is 33.1 Å². The number of hydrogen-bond donors (Lipinski definition) is 1. The van der Waals surface area contributed by atoms with Gasteiger partial charge in [-0.15, -0.1) is 0 Å². The Labute approximate surface area is 243 Å². The number of nitrogens with zero attached hydrogens (tertiary/aromatic N) is 3. The maximum absolute atomic E-state index is 13.8. The number of nitrogens with one attached hydrogen (secondary N) is 1. The number of carbonyl (C=O) groups is 1. The number of sulfonamides is 1. The van der Waals surface area contributed by atoms with Gasteiger partial charge in [-0.25, -0.2) is 8.42 Å². The van der Waals surface area contributed by atoms with Gasteiger partial charge in [-0.05, 0) is 42.7 Å². The van der Waals surface area contributed by atoms with E-state index in [2.05, 4.69) is 4.98 Å². The van der Waals surface area contributed by atoms with Gasteiger partial charge in [-0.2, -0.15) is 4.31 Å². The van der Waals surface area contributed by atoms with Crippen molar-refractivity contribution >= 4 is 44.1 Å². The molecule has 4 aromatic rings. The van der Waals surface area contributed by atoms with Crippen LogP contribution >= 0.6 is 11.6 Å². The zero-order valence-corrected chi connectivity index (χ0v) is 24.3. The van der Waals surface area contributed by atoms with Crippen molar-refractivity contribution in [2.75, 3.05) is 33.4 Å². The number of carbonyl (C=O) groups excluding carboxylic acids is 1. The molecule has 1 aromatic heterocycles. The average Bonchev–Trinajstić information content (AvgIpc) is 3.37. The van der Waals surface area contributed by atoms with Gasteiger partial charge in [0.25, 0.3) is 5.69 Å². The van der Waals surface area contributed by atoms with Crippen LogP contribution < -0.4 is 0 Å². The molecule has 12 heteroatoms. The summed E-state index contributed by atoms with van der Waals surface area (Å²) in [6.07, 6.45) is 2.47. The summed E-state index contributed by atoms with van der Waals surface area (Å²) in [5.74, 6) is -0.409. The normalized spacial score (nSPS) is 11.7. The van der Waals surface area contributed by atoms with Crippen molar-refractivity contribution in [3.8, 4) is 0 Å². The molecular weight excluding hydrogens is 568 g/mol. The molecule has 10 nitrogen and oxygen atoms in total. The summed E-state index contributed by atoms with van der Waals surface area (Å²) in [6, 6.07) is 18.9. The first-order valence-corrected chi connectivity index (χ1v) is 14.7. The fourth-order valence-corrected chi connectivity index (χ4v) is 6.05. The van der Waals surface area contributed by atoms with E-state index in [1.165, 1.54) is 13.2 Å². The summed E-state index contributed by atoms with van der Waals surface area (Å²) in [6.45, 7) is 2.04. The number of amides is 1. The summed E-state index contributed by atoms with van der Waals surface area (Å²) >= 11 is 5.90. The number of aromatic amines is 1. The van der Waals surface area contributed by atoms with Crippen LogP contribution in [0, 0.1) is 17.0 Å². The highest BCUT2D eigenvalue weighted by Crippen LogP contribution is 2.29. The number of benzene rings is 3. The lowest BCUT2D eigenvalue weighted by Gasteiger charge is -2.27. The van der Waals surface area contributed by atoms with Crippen molar-refractivity contribution in [2.45, 2.75) is 24.8 Å². The Balaban J connectivity index is 1.61. The van der Waals surface area contributed by atoms with Crippen molar-refractivity contribution < 1.29 is 22.9 Å². The third kappa shape index (κ3) is 7.31. The van der Waals surface area contributed by atoms with Gasteiger partial charge in [0.15, 0.2) is 0 Å². The number of aryl methyl sites for hydroxylation is 1. The minimum absolute atomic E-state index is 0.0233. The van der Waals surface area contributed by atoms with Crippen LogP contribution in [-0.4, -0.2) is 66.8 Å². The maximum Gasteiger partial charge on any atom is 0.289 e. The molecule has 0 radical (unpaired) electrons. The Morgan fingerprint density at radius 1 is 1.07 bits per heavy atom. The maximum atomic E-state index is 13.8. The monoisotopic (exact) mass is 598 g/mol. The van der Waals surface area contributed by atoms with Crippen molar-refractivity contribution in [1.29, 1.82) is 0 Å². The van der Waals surface area contributed by atoms with E-state index >= 15 is 0 Å². The van der Waals surface area contributed by atoms with Crippen LogP contribution in [-0.2, 0) is 32.5 Å². The fraction of sp³-hybridized carbons (Fsp3) is 0.276. The first-order valence-electron chi connectivity index (χ1n) is 12.9. The van der Waals surface area contributed by atoms with Gasteiger partial charge in [0.05, 0.1) is 23.0 Å². The Bertz CT molecular complexity index is 1640. The van der Waals surface area contributed by atoms with E-state index in [1.807, 2.05) is 61.7 Å². The van der Waals surface area contributed by atoms with Crippen LogP contribution in [0.2, 0.25) is 5.02 Å². The van der Waals surface area contributed by atoms with Gasteiger partial charge in [0.1, 0.15) is 5.02 Å². The van der Waals surface area contributed by atoms with E-state index in [4.69, 9.17) is 16.3 Å². The molecule has 1 heterocycles. The van der Waals surface area contributed by atoms with Crippen LogP contribution in [0.3, 0.4) is 0 Å². The number of hydrogen-bond acceptors (Lipinski definition) is 6. The number of ether oxygens (including phenoxy) is 1. The highest BCUT2D eigenvalue weighted by atomic mass is 35.5. The predicted molar refractivity (Wildman–Crippen MR) is 157 cm³/mol. The van der Waals surface area contributed by atoms with Gasteiger partial charge < -0.3 is 14.6 Å². The third-order valence-electron chi connectivity index (χ3n) is 6.78. The Morgan fingerprint density at radius 3 is 2.51 bits per heavy atom. The van der Waals surface area contributed by atoms with E-state index in [0.717, 1.165) is 44.0 Å². The van der Waals surface area contributed by atoms with E-state index in [0.29, 0.717) is 13.0 Å². The largest absolute Gasteiger partial charge is 0.383 e. The summed E-state index contributed by atoms with van der Waals surface area (Å²) < 4.78 is 33.3. The van der Waals surface area contributed by atoms with Crippen LogP contribution in [0.25, 0.3) is 10.9 Å². The molecule has 0 unspecified atom stereocenters. The molecule has 3 aromatic carbocycles. The van der Waals surface area contributed by atoms with Crippen LogP contribution in [0.15, 0.2) is 77.8 Å². The Kier molecular flexibility index (Phi) is 9.77. The highest BCUT2D eigenvalue weighted by molar-refractivity contribution is 7.89. The zero-order chi connectivity index (χ0) is 29.6. The van der Waals surface area contributed by atoms with Gasteiger partial charge in [0, 0.05) is 49.9 Å². The van der Waals surface area contributed by atoms with E-state index in [9.17, 15) is 23.3 Å². The molecular formula is C29H31ClN4O6S. The number of aromatic nitrogens is 1. The summed E-state index contributed by atoms with van der Waals surface area (Å²) in [7, 11) is -2.88. The number of rotatable bonds is 13. The molecule has 216 valence electrons. The number of halogens is 1. The topological polar surface area (TPSA) is 126 Å². The van der Waals surface area contributed by atoms with Crippen LogP contribution in [0.5, 0.6) is 0 Å². The summed E-state index contributed by atoms with van der Waals surface area (Å²) in [5, 5.41) is 12.3. The molecule has 0 aliphatic heterocycles. The quantitative estimate of drug-likeness (QED) is 0.171. The van der Waals surface area contributed by atoms with Crippen molar-refractivity contribution in [2.24, 2.45) is 0 Å². The van der Waals surface area contributed by atoms with Gasteiger partial charge in [-0.1, -0.05) is 59.6 Å². The molecule has 0 fully saturated rings. The zero-order valence-electron chi connectivity index (χ0n) is 22.7. The van der Waals surface area contributed by atoms with Crippen molar-refractivity contribution in [1.82, 2.24) is 14.2 Å². The minimum atomic E-state index is -4.30. The van der Waals surface area contributed by atoms with Crippen molar-refractivity contribution in [3.05, 3.63) is 105 Å². The molecule has 0 saturated carbocycles. The minimum Gasteiger partial charge on any atom is -0.383 e. The molecule has 0 bridgehead atoms. The number of fused-ring (bicyclic) bond motifs is 1. The molecule has 0 atom stereocenters. The number of H-pyrrole nitrogens is 1. The Morgan fingerprint density at radius 2 is 1.80 bits per heavy atom. The number of nitro benzene ring substituents is 1. The number of para-hydroxylation sites is 1. The van der Waals surface area contributed by atoms with Crippen LogP contribution in [0.1, 0.15) is 16.7 Å². The third-order valence-corrected chi connectivity index (χ3v) is 8.94. The molecule has 0 aliphatic carbocycles. The molecule has 1 N–H and O–H groups in total. The lowest BCUT2D eigenvalue weighted by atomic mass is 10.1. The summed E-state index contributed by atoms with van der Waals surface area (Å²) in [4.78, 5) is 28.9. The second-order valence-corrected chi connectivity index (χ2v) is 12.0. The SMILES string of the molecule is COCCN(CC(=O)N(CCc1c[nH]c2ccccc12)Cc1ccc(C)cc1)S(=O)(=O)c1ccc(Cl)c([N+](=O)[O-])c1. The standard InChI is InChI=1S/C29H31ClN4O6S/c1-21-7-9-22(10-8-21)19-32(14-13-23-18-31-27-6-4-3-5-25(23)27)29(35)20-33(15-16-40-2)41(38,39)24-11-12-26(30)28(17-24)34(36)37/h3-12,17-18,31H,13-16,19-20H2,1-2H3. The fourth-order valence-electron chi connectivity index (χ4n) is 4.47. The molecule has 4 rings (SSSR count). The molecule has 0 aliphatic rings. The molecule has 1 amide bonds. The van der Waals surface area contributed by atoms with Gasteiger partial charge in [-0.3, -0.25) is 14.9 Å². The molecule has 0 saturated heterocycles. The van der Waals surface area contributed by atoms with E-state index in [-0.39, 0.29) is 29.6 Å². The second kappa shape index (κ2) is 13.3. The molecule has 0 spiro atoms.